The average Bonchev–Trinajstić information content (AvgIpc) is 2.99. The average molecular weight is 582 g/mol. The number of carbonyl (C=O) groups is 3. The van der Waals surface area contributed by atoms with Crippen LogP contribution in [0.25, 0.3) is 0 Å². The number of carbonyl (C=O) groups excluding carboxylic acids is 3. The third-order valence-corrected chi connectivity index (χ3v) is 8.49. The van der Waals surface area contributed by atoms with Gasteiger partial charge in [0, 0.05) is 30.8 Å². The number of hydrazone groups is 1. The lowest BCUT2D eigenvalue weighted by molar-refractivity contribution is -0.124. The number of rotatable bonds is 19. The zero-order valence-electron chi connectivity index (χ0n) is 27.0. The zero-order valence-corrected chi connectivity index (χ0v) is 27.0. The van der Waals surface area contributed by atoms with Crippen molar-refractivity contribution in [1.82, 2.24) is 9.80 Å². The predicted octanol–water partition coefficient (Wildman–Crippen LogP) is 6.77. The van der Waals surface area contributed by atoms with Gasteiger partial charge in [-0.3, -0.25) is 19.8 Å². The van der Waals surface area contributed by atoms with E-state index >= 15 is 0 Å². The van der Waals surface area contributed by atoms with Crippen LogP contribution in [0.3, 0.4) is 0 Å². The Bertz CT molecular complexity index is 1060. The predicted molar refractivity (Wildman–Crippen MR) is 173 cm³/mol. The van der Waals surface area contributed by atoms with Gasteiger partial charge < -0.3 is 15.5 Å². The Labute approximate surface area is 254 Å². The van der Waals surface area contributed by atoms with Crippen molar-refractivity contribution in [3.63, 3.8) is 0 Å². The van der Waals surface area contributed by atoms with Crippen molar-refractivity contribution in [2.24, 2.45) is 22.7 Å². The first-order valence-corrected chi connectivity index (χ1v) is 16.2. The van der Waals surface area contributed by atoms with Crippen LogP contribution >= 0.6 is 0 Å². The molecule has 0 bridgehead atoms. The molecule has 234 valence electrons. The highest BCUT2D eigenvalue weighted by molar-refractivity contribution is 6.47. The van der Waals surface area contributed by atoms with Gasteiger partial charge >= 0.3 is 0 Å². The smallest absolute Gasteiger partial charge is 0.274 e. The molecule has 2 unspecified atom stereocenters. The van der Waals surface area contributed by atoms with Crippen LogP contribution < -0.4 is 11.2 Å². The monoisotopic (exact) mass is 581 g/mol. The minimum absolute atomic E-state index is 0.0664. The number of nitrogens with zero attached hydrogens (tertiary/aromatic N) is 3. The van der Waals surface area contributed by atoms with Crippen LogP contribution in [0.2, 0.25) is 0 Å². The third-order valence-electron chi connectivity index (χ3n) is 8.49. The molecule has 1 aromatic carbocycles. The van der Waals surface area contributed by atoms with Crippen molar-refractivity contribution < 1.29 is 14.4 Å². The van der Waals surface area contributed by atoms with E-state index in [1.165, 1.54) is 25.7 Å². The molecule has 0 fully saturated rings. The maximum atomic E-state index is 13.8. The molecule has 2 atom stereocenters. The highest BCUT2D eigenvalue weighted by Crippen LogP contribution is 2.22. The van der Waals surface area contributed by atoms with E-state index in [0.717, 1.165) is 51.6 Å². The number of anilines is 1. The third kappa shape index (κ3) is 10.3. The number of hydrogen-bond donors (Lipinski definition) is 2. The maximum Gasteiger partial charge on any atom is 0.274 e. The molecule has 0 saturated heterocycles. The molecule has 2 rings (SSSR count). The van der Waals surface area contributed by atoms with E-state index in [0.29, 0.717) is 40.8 Å². The molecule has 8 heteroatoms. The molecule has 1 aliphatic rings. The van der Waals surface area contributed by atoms with E-state index in [2.05, 4.69) is 50.0 Å². The van der Waals surface area contributed by atoms with Crippen molar-refractivity contribution in [2.75, 3.05) is 31.6 Å². The molecule has 1 aromatic rings. The first-order valence-electron chi connectivity index (χ1n) is 16.2. The molecule has 0 radical (unpaired) electrons. The van der Waals surface area contributed by atoms with E-state index in [-0.39, 0.29) is 24.1 Å². The lowest BCUT2D eigenvalue weighted by Gasteiger charge is -2.31. The van der Waals surface area contributed by atoms with Gasteiger partial charge in [0.2, 0.25) is 5.91 Å². The van der Waals surface area contributed by atoms with Crippen LogP contribution in [-0.4, -0.2) is 59.4 Å². The minimum atomic E-state index is -0.540. The van der Waals surface area contributed by atoms with Crippen LogP contribution in [0.4, 0.5) is 5.69 Å². The van der Waals surface area contributed by atoms with Crippen molar-refractivity contribution in [1.29, 1.82) is 0 Å². The first-order chi connectivity index (χ1) is 20.2. The van der Waals surface area contributed by atoms with E-state index in [4.69, 9.17) is 5.73 Å². The second kappa shape index (κ2) is 18.4. The topological polar surface area (TPSA) is 108 Å². The Kier molecular flexibility index (Phi) is 15.3. The molecule has 0 saturated carbocycles. The molecule has 0 spiro atoms. The van der Waals surface area contributed by atoms with Crippen molar-refractivity contribution in [2.45, 2.75) is 106 Å². The number of primary amides is 1. The second-order valence-electron chi connectivity index (χ2n) is 11.7. The molecule has 3 amide bonds. The van der Waals surface area contributed by atoms with Crippen LogP contribution in [0.5, 0.6) is 0 Å². The van der Waals surface area contributed by atoms with Gasteiger partial charge in [-0.15, -0.1) is 0 Å². The Balaban J connectivity index is 2.25. The summed E-state index contributed by atoms with van der Waals surface area (Å²) < 4.78 is 0. The van der Waals surface area contributed by atoms with E-state index < -0.39 is 5.91 Å². The van der Waals surface area contributed by atoms with E-state index in [9.17, 15) is 14.4 Å². The highest BCUT2D eigenvalue weighted by Gasteiger charge is 2.31. The summed E-state index contributed by atoms with van der Waals surface area (Å²) in [6.07, 6.45) is 10.9. The van der Waals surface area contributed by atoms with Crippen LogP contribution in [0.15, 0.2) is 40.5 Å². The lowest BCUT2D eigenvalue weighted by Crippen LogP contribution is -2.46. The number of benzene rings is 1. The molecule has 1 aliphatic heterocycles. The number of unbranched alkanes of at least 4 members (excludes halogenated alkanes) is 3. The van der Waals surface area contributed by atoms with Gasteiger partial charge in [-0.1, -0.05) is 79.6 Å². The molecular weight excluding hydrogens is 526 g/mol. The van der Waals surface area contributed by atoms with Gasteiger partial charge in [-0.2, -0.15) is 5.10 Å². The van der Waals surface area contributed by atoms with Gasteiger partial charge in [-0.25, -0.2) is 0 Å². The molecule has 0 aromatic heterocycles. The van der Waals surface area contributed by atoms with Gasteiger partial charge in [0.15, 0.2) is 5.71 Å². The minimum Gasteiger partial charge on any atom is -0.366 e. The van der Waals surface area contributed by atoms with Crippen LogP contribution in [0, 0.1) is 11.8 Å². The number of amides is 3. The molecule has 1 heterocycles. The highest BCUT2D eigenvalue weighted by atomic mass is 16.2. The summed E-state index contributed by atoms with van der Waals surface area (Å²) in [6.45, 7) is 15.0. The summed E-state index contributed by atoms with van der Waals surface area (Å²) in [5.74, 6) is 0.308. The summed E-state index contributed by atoms with van der Waals surface area (Å²) >= 11 is 0. The van der Waals surface area contributed by atoms with Gasteiger partial charge in [0.1, 0.15) is 0 Å². The van der Waals surface area contributed by atoms with E-state index in [1.807, 2.05) is 24.3 Å². The van der Waals surface area contributed by atoms with Gasteiger partial charge in [0.25, 0.3) is 11.8 Å². The first kappa shape index (κ1) is 35.0. The largest absolute Gasteiger partial charge is 0.366 e. The summed E-state index contributed by atoms with van der Waals surface area (Å²) in [4.78, 5) is 42.7. The molecule has 3 N–H and O–H groups in total. The standard InChI is InChI=1S/C34H55N5O3/c1-7-12-15-26(10-4)22-39(23-27(11-5)16-13-8-2)33(41)28-17-19-29(20-18-28)36-37-31-25(6)30(32(35)40)24-38(34(31)42)21-14-9-3/h17-20,26-27,36H,7-16,21-24H2,1-6H3,(H2,35,40). The zero-order chi connectivity index (χ0) is 31.1. The van der Waals surface area contributed by atoms with Gasteiger partial charge in [-0.05, 0) is 67.9 Å². The van der Waals surface area contributed by atoms with Crippen LogP contribution in [0.1, 0.15) is 116 Å². The van der Waals surface area contributed by atoms with Crippen molar-refractivity contribution in [3.8, 4) is 0 Å². The SMILES string of the molecule is CCCCC(CC)CN(CC(CC)CCCC)C(=O)c1ccc(NN=C2C(=O)N(CCCC)CC(C(N)=O)=C2C)cc1. The van der Waals surface area contributed by atoms with E-state index in [1.54, 1.807) is 11.8 Å². The Morgan fingerprint density at radius 3 is 1.95 bits per heavy atom. The second-order valence-corrected chi connectivity index (χ2v) is 11.7. The quantitative estimate of drug-likeness (QED) is 0.176. The van der Waals surface area contributed by atoms with Crippen molar-refractivity contribution >= 4 is 29.1 Å². The fourth-order valence-corrected chi connectivity index (χ4v) is 5.45. The normalized spacial score (nSPS) is 16.1. The number of nitrogens with one attached hydrogen (secondary N) is 1. The Hall–Kier alpha value is -3.16. The summed E-state index contributed by atoms with van der Waals surface area (Å²) in [5, 5.41) is 4.39. The molecule has 8 nitrogen and oxygen atoms in total. The molecule has 0 aliphatic carbocycles. The van der Waals surface area contributed by atoms with Crippen LogP contribution in [-0.2, 0) is 9.59 Å². The molecule has 42 heavy (non-hydrogen) atoms. The number of nitrogens with two attached hydrogens (primary N) is 1. The Morgan fingerprint density at radius 1 is 0.929 bits per heavy atom. The fourth-order valence-electron chi connectivity index (χ4n) is 5.45. The van der Waals surface area contributed by atoms with Gasteiger partial charge in [0.05, 0.1) is 12.2 Å². The summed E-state index contributed by atoms with van der Waals surface area (Å²) in [5.41, 5.74) is 11.0. The fraction of sp³-hybridized carbons (Fsp3) is 0.647. The number of hydrogen-bond acceptors (Lipinski definition) is 5. The maximum absolute atomic E-state index is 13.8. The van der Waals surface area contributed by atoms with Crippen molar-refractivity contribution in [3.05, 3.63) is 41.0 Å². The lowest BCUT2D eigenvalue weighted by atomic mass is 9.95. The summed E-state index contributed by atoms with van der Waals surface area (Å²) in [6, 6.07) is 7.28. The Morgan fingerprint density at radius 2 is 1.48 bits per heavy atom. The molecular formula is C34H55N5O3. The summed E-state index contributed by atoms with van der Waals surface area (Å²) in [7, 11) is 0.